The number of hydrogen-bond acceptors (Lipinski definition) is 9. The van der Waals surface area contributed by atoms with Crippen molar-refractivity contribution in [1.29, 1.82) is 0 Å². The Morgan fingerprint density at radius 2 is 2.00 bits per heavy atom. The predicted molar refractivity (Wildman–Crippen MR) is 151 cm³/mol. The van der Waals surface area contributed by atoms with Crippen LogP contribution in [0, 0.1) is 5.82 Å². The van der Waals surface area contributed by atoms with Crippen molar-refractivity contribution >= 4 is 44.9 Å². The third-order valence-electron chi connectivity index (χ3n) is 6.28. The van der Waals surface area contributed by atoms with E-state index in [9.17, 15) is 8.42 Å². The fourth-order valence-electron chi connectivity index (χ4n) is 4.32. The standard InChI is InChI=1S/C26H25Cl2FN6O5S/c1-38-15-35(24-5-4-9-31-32-24)41(36,37)23-12-19(28)22(13-20(23)29)40-21-8-7-16(27)11-17(21)18-14-34(33-26(18)30)25-6-2-3-10-39-25/h4-5,7-9,11-14,25H,2-3,6,10,15H2,1H3,(H2,30,33). The number of benzene rings is 2. The zero-order valence-corrected chi connectivity index (χ0v) is 24.0. The van der Waals surface area contributed by atoms with Crippen LogP contribution in [-0.2, 0) is 19.5 Å². The van der Waals surface area contributed by atoms with E-state index in [1.54, 1.807) is 29.1 Å². The summed E-state index contributed by atoms with van der Waals surface area (Å²) in [5.74, 6) is -0.847. The minimum atomic E-state index is -4.50. The van der Waals surface area contributed by atoms with Crippen LogP contribution >= 0.6 is 23.2 Å². The van der Waals surface area contributed by atoms with Gasteiger partial charge in [0, 0.05) is 48.3 Å². The molecule has 2 aromatic carbocycles. The van der Waals surface area contributed by atoms with Gasteiger partial charge in [0.1, 0.15) is 35.2 Å². The van der Waals surface area contributed by atoms with Crippen LogP contribution in [0.3, 0.4) is 0 Å². The van der Waals surface area contributed by atoms with E-state index in [1.165, 1.54) is 25.4 Å². The number of ether oxygens (including phenoxy) is 3. The number of methoxy groups -OCH3 is 1. The van der Waals surface area contributed by atoms with Crippen LogP contribution in [-0.4, -0.2) is 48.8 Å². The lowest BCUT2D eigenvalue weighted by molar-refractivity contribution is -0.0392. The second-order valence-corrected chi connectivity index (χ2v) is 11.7. The number of anilines is 2. The van der Waals surface area contributed by atoms with Crippen LogP contribution in [0.2, 0.25) is 10.0 Å². The van der Waals surface area contributed by atoms with Gasteiger partial charge in [-0.3, -0.25) is 0 Å². The molecule has 5 rings (SSSR count). The third kappa shape index (κ3) is 6.09. The first-order chi connectivity index (χ1) is 19.7. The van der Waals surface area contributed by atoms with Gasteiger partial charge in [0.2, 0.25) is 0 Å². The molecular weight excluding hydrogens is 598 g/mol. The monoisotopic (exact) mass is 622 g/mol. The molecule has 1 atom stereocenters. The molecule has 15 heteroatoms. The van der Waals surface area contributed by atoms with Crippen molar-refractivity contribution in [3.63, 3.8) is 0 Å². The summed E-state index contributed by atoms with van der Waals surface area (Å²) in [4.78, 5) is -0.702. The Morgan fingerprint density at radius 1 is 1.17 bits per heavy atom. The molecule has 11 nitrogen and oxygen atoms in total. The largest absolute Gasteiger partial charge is 0.455 e. The number of nitrogen functional groups attached to an aromatic ring is 1. The fraction of sp³-hybridized carbons (Fsp3) is 0.269. The minimum Gasteiger partial charge on any atom is -0.455 e. The number of aromatic nitrogens is 4. The van der Waals surface area contributed by atoms with Gasteiger partial charge in [-0.15, -0.1) is 5.10 Å². The highest BCUT2D eigenvalue weighted by Crippen LogP contribution is 2.41. The maximum Gasteiger partial charge on any atom is 0.270 e. The molecule has 1 aliphatic heterocycles. The van der Waals surface area contributed by atoms with Gasteiger partial charge in [-0.1, -0.05) is 23.2 Å². The predicted octanol–water partition coefficient (Wildman–Crippen LogP) is 5.66. The molecule has 4 aromatic rings. The molecule has 0 saturated carbocycles. The van der Waals surface area contributed by atoms with Crippen LogP contribution < -0.4 is 14.8 Å². The molecule has 0 bridgehead atoms. The van der Waals surface area contributed by atoms with Crippen LogP contribution in [0.25, 0.3) is 11.1 Å². The van der Waals surface area contributed by atoms with E-state index in [2.05, 4.69) is 15.3 Å². The Hall–Kier alpha value is -3.49. The highest BCUT2D eigenvalue weighted by Gasteiger charge is 2.31. The van der Waals surface area contributed by atoms with E-state index in [1.807, 2.05) is 0 Å². The molecule has 1 aliphatic rings. The van der Waals surface area contributed by atoms with Gasteiger partial charge in [0.15, 0.2) is 11.6 Å². The number of sulfonamides is 1. The van der Waals surface area contributed by atoms with Gasteiger partial charge in [-0.25, -0.2) is 21.8 Å². The second kappa shape index (κ2) is 12.2. The summed E-state index contributed by atoms with van der Waals surface area (Å²) in [6.45, 7) is 0.189. The topological polar surface area (TPSA) is 135 Å². The molecule has 216 valence electrons. The lowest BCUT2D eigenvalue weighted by atomic mass is 10.1. The van der Waals surface area contributed by atoms with Gasteiger partial charge in [0.05, 0.1) is 5.02 Å². The van der Waals surface area contributed by atoms with Crippen LogP contribution in [0.1, 0.15) is 25.5 Å². The van der Waals surface area contributed by atoms with Crippen LogP contribution in [0.5, 0.6) is 11.5 Å². The van der Waals surface area contributed by atoms with Crippen molar-refractivity contribution in [1.82, 2.24) is 20.0 Å². The number of rotatable bonds is 9. The molecule has 2 aromatic heterocycles. The van der Waals surface area contributed by atoms with E-state index in [-0.39, 0.29) is 34.4 Å². The highest BCUT2D eigenvalue weighted by atomic mass is 35.5. The summed E-state index contributed by atoms with van der Waals surface area (Å²) >= 11 is 12.7. The summed E-state index contributed by atoms with van der Waals surface area (Å²) in [5, 5.41) is 12.1. The Kier molecular flexibility index (Phi) is 8.61. The second-order valence-electron chi connectivity index (χ2n) is 9.04. The van der Waals surface area contributed by atoms with Gasteiger partial charge < -0.3 is 19.9 Å². The summed E-state index contributed by atoms with van der Waals surface area (Å²) in [6.07, 6.45) is 5.64. The van der Waals surface area contributed by atoms with E-state index in [4.69, 9.17) is 43.1 Å². The van der Waals surface area contributed by atoms with Crippen molar-refractivity contribution < 1.29 is 27.0 Å². The SMILES string of the molecule is COCN(c1cccnn1)S(=O)(=O)c1cc(Cl)c(Oc2ccc(Cl)cc2-c2cn(C3CCCCO3)nc2N)cc1F. The van der Waals surface area contributed by atoms with Crippen molar-refractivity contribution in [2.75, 3.05) is 30.5 Å². The zero-order chi connectivity index (χ0) is 29.1. The summed E-state index contributed by atoms with van der Waals surface area (Å²) in [7, 11) is -3.20. The maximum atomic E-state index is 15.4. The average Bonchev–Trinajstić information content (AvgIpc) is 3.36. The minimum absolute atomic E-state index is 0.0623. The molecule has 1 unspecified atom stereocenters. The lowest BCUT2D eigenvalue weighted by Gasteiger charge is -2.22. The molecule has 1 saturated heterocycles. The van der Waals surface area contributed by atoms with Crippen LogP contribution in [0.15, 0.2) is 59.8 Å². The summed E-state index contributed by atoms with van der Waals surface area (Å²) in [6, 6.07) is 9.51. The molecule has 0 spiro atoms. The molecule has 2 N–H and O–H groups in total. The van der Waals surface area contributed by atoms with Crippen molar-refractivity contribution in [3.05, 3.63) is 70.7 Å². The van der Waals surface area contributed by atoms with Gasteiger partial charge in [-0.05, 0) is 55.7 Å². The summed E-state index contributed by atoms with van der Waals surface area (Å²) in [5.41, 5.74) is 7.24. The third-order valence-corrected chi connectivity index (χ3v) is 8.55. The molecule has 0 aliphatic carbocycles. The van der Waals surface area contributed by atoms with E-state index >= 15 is 4.39 Å². The Bertz CT molecular complexity index is 1650. The smallest absolute Gasteiger partial charge is 0.270 e. The van der Waals surface area contributed by atoms with Crippen LogP contribution in [0.4, 0.5) is 16.0 Å². The first-order valence-electron chi connectivity index (χ1n) is 12.4. The zero-order valence-electron chi connectivity index (χ0n) is 21.7. The Morgan fingerprint density at radius 3 is 2.71 bits per heavy atom. The highest BCUT2D eigenvalue weighted by molar-refractivity contribution is 7.92. The molecular formula is C26H25Cl2FN6O5S. The average molecular weight is 623 g/mol. The van der Waals surface area contributed by atoms with Gasteiger partial charge in [0.25, 0.3) is 10.0 Å². The molecule has 1 fully saturated rings. The number of hydrogen-bond donors (Lipinski definition) is 1. The van der Waals surface area contributed by atoms with Crippen molar-refractivity contribution in [3.8, 4) is 22.6 Å². The van der Waals surface area contributed by atoms with E-state index < -0.39 is 27.5 Å². The summed E-state index contributed by atoms with van der Waals surface area (Å²) < 4.78 is 61.5. The number of nitrogens with zero attached hydrogens (tertiary/aromatic N) is 5. The van der Waals surface area contributed by atoms with E-state index in [0.717, 1.165) is 35.7 Å². The Labute approximate surface area is 245 Å². The Balaban J connectivity index is 1.49. The van der Waals surface area contributed by atoms with E-state index in [0.29, 0.717) is 22.8 Å². The molecule has 41 heavy (non-hydrogen) atoms. The first kappa shape index (κ1) is 29.0. The normalized spacial score (nSPS) is 15.6. The fourth-order valence-corrected chi connectivity index (χ4v) is 6.16. The quantitative estimate of drug-likeness (QED) is 0.235. The van der Waals surface area contributed by atoms with Crippen molar-refractivity contribution in [2.24, 2.45) is 0 Å². The molecule has 3 heterocycles. The number of nitrogens with two attached hydrogens (primary N) is 1. The lowest BCUT2D eigenvalue weighted by Crippen LogP contribution is -2.34. The van der Waals surface area contributed by atoms with Gasteiger partial charge >= 0.3 is 0 Å². The first-order valence-corrected chi connectivity index (χ1v) is 14.6. The van der Waals surface area contributed by atoms with Crippen molar-refractivity contribution in [2.45, 2.75) is 30.4 Å². The molecule has 0 radical (unpaired) electrons. The molecule has 0 amide bonds. The number of halogens is 3. The maximum absolute atomic E-state index is 15.4. The van der Waals surface area contributed by atoms with Gasteiger partial charge in [-0.2, -0.15) is 10.2 Å².